The lowest BCUT2D eigenvalue weighted by atomic mass is 9.84. The molecule has 4 nitrogen and oxygen atoms in total. The summed E-state index contributed by atoms with van der Waals surface area (Å²) in [6.45, 7) is 6.54. The molecule has 1 heterocycles. The van der Waals surface area contributed by atoms with Crippen LogP contribution in [0.3, 0.4) is 0 Å². The van der Waals surface area contributed by atoms with E-state index in [1.54, 1.807) is 12.1 Å². The summed E-state index contributed by atoms with van der Waals surface area (Å²) < 4.78 is 18.7. The number of benzene rings is 1. The number of hydrogen-bond donors (Lipinski definition) is 2. The van der Waals surface area contributed by atoms with Gasteiger partial charge in [0.1, 0.15) is 17.7 Å². The molecule has 5 heteroatoms. The van der Waals surface area contributed by atoms with Gasteiger partial charge in [-0.1, -0.05) is 13.0 Å². The van der Waals surface area contributed by atoms with Crippen LogP contribution in [0.15, 0.2) is 24.3 Å². The Morgan fingerprint density at radius 2 is 2.13 bits per heavy atom. The highest BCUT2D eigenvalue weighted by atomic mass is 19.1. The van der Waals surface area contributed by atoms with Gasteiger partial charge in [0.05, 0.1) is 6.54 Å². The third-order valence-corrected chi connectivity index (χ3v) is 4.42. The standard InChI is InChI=1S/C18H27FN2O2/c1-13(15-6-8-20-9-7-15)10-18(22)21-12-14(2)23-17-5-3-4-16(19)11-17/h3-5,11,13-15,20H,6-10,12H2,1-2H3,(H,21,22). The van der Waals surface area contributed by atoms with Gasteiger partial charge in [-0.2, -0.15) is 0 Å². The summed E-state index contributed by atoms with van der Waals surface area (Å²) in [5, 5.41) is 6.26. The Morgan fingerprint density at radius 1 is 1.39 bits per heavy atom. The van der Waals surface area contributed by atoms with Crippen LogP contribution in [0.4, 0.5) is 4.39 Å². The Morgan fingerprint density at radius 3 is 2.83 bits per heavy atom. The quantitative estimate of drug-likeness (QED) is 0.811. The van der Waals surface area contributed by atoms with Gasteiger partial charge >= 0.3 is 0 Å². The molecule has 0 radical (unpaired) electrons. The highest BCUT2D eigenvalue weighted by molar-refractivity contribution is 5.76. The van der Waals surface area contributed by atoms with E-state index >= 15 is 0 Å². The summed E-state index contributed by atoms with van der Waals surface area (Å²) in [5.74, 6) is 1.24. The second-order valence-corrected chi connectivity index (χ2v) is 6.46. The molecule has 0 bridgehead atoms. The van der Waals surface area contributed by atoms with Crippen molar-refractivity contribution in [3.8, 4) is 5.75 Å². The van der Waals surface area contributed by atoms with Crippen molar-refractivity contribution >= 4 is 5.91 Å². The predicted molar refractivity (Wildman–Crippen MR) is 88.9 cm³/mol. The van der Waals surface area contributed by atoms with Crippen molar-refractivity contribution < 1.29 is 13.9 Å². The van der Waals surface area contributed by atoms with Crippen LogP contribution in [0.5, 0.6) is 5.75 Å². The smallest absolute Gasteiger partial charge is 0.220 e. The van der Waals surface area contributed by atoms with Gasteiger partial charge in [0, 0.05) is 12.5 Å². The van der Waals surface area contributed by atoms with Gasteiger partial charge in [0.15, 0.2) is 0 Å². The molecule has 1 aromatic carbocycles. The van der Waals surface area contributed by atoms with Crippen molar-refractivity contribution in [1.29, 1.82) is 0 Å². The van der Waals surface area contributed by atoms with E-state index in [0.29, 0.717) is 30.6 Å². The van der Waals surface area contributed by atoms with E-state index < -0.39 is 0 Å². The van der Waals surface area contributed by atoms with Crippen LogP contribution < -0.4 is 15.4 Å². The van der Waals surface area contributed by atoms with Gasteiger partial charge in [-0.3, -0.25) is 4.79 Å². The fourth-order valence-corrected chi connectivity index (χ4v) is 3.02. The third kappa shape index (κ3) is 6.18. The molecule has 1 aromatic rings. The molecule has 2 atom stereocenters. The molecule has 2 unspecified atom stereocenters. The van der Waals surface area contributed by atoms with E-state index in [4.69, 9.17) is 4.74 Å². The minimum Gasteiger partial charge on any atom is -0.489 e. The van der Waals surface area contributed by atoms with Gasteiger partial charge in [-0.25, -0.2) is 4.39 Å². The van der Waals surface area contributed by atoms with Crippen LogP contribution in [0.1, 0.15) is 33.1 Å². The van der Waals surface area contributed by atoms with Gasteiger partial charge < -0.3 is 15.4 Å². The molecule has 0 aliphatic carbocycles. The molecule has 1 aliphatic rings. The monoisotopic (exact) mass is 322 g/mol. The molecule has 128 valence electrons. The highest BCUT2D eigenvalue weighted by Gasteiger charge is 2.22. The largest absolute Gasteiger partial charge is 0.489 e. The fraction of sp³-hybridized carbons (Fsp3) is 0.611. The second kappa shape index (κ2) is 8.87. The Balaban J connectivity index is 1.68. The summed E-state index contributed by atoms with van der Waals surface area (Å²) in [6.07, 6.45) is 2.65. The Labute approximate surface area is 137 Å². The van der Waals surface area contributed by atoms with E-state index in [1.807, 2.05) is 6.92 Å². The van der Waals surface area contributed by atoms with Crippen LogP contribution in [-0.4, -0.2) is 31.6 Å². The minimum absolute atomic E-state index is 0.0609. The highest BCUT2D eigenvalue weighted by Crippen LogP contribution is 2.24. The maximum atomic E-state index is 13.1. The zero-order valence-electron chi connectivity index (χ0n) is 14.0. The van der Waals surface area contributed by atoms with E-state index in [9.17, 15) is 9.18 Å². The number of hydrogen-bond acceptors (Lipinski definition) is 3. The molecule has 1 amide bonds. The average molecular weight is 322 g/mol. The number of rotatable bonds is 7. The van der Waals surface area contributed by atoms with Gasteiger partial charge in [0.2, 0.25) is 5.91 Å². The van der Waals surface area contributed by atoms with Crippen molar-refractivity contribution in [3.05, 3.63) is 30.1 Å². The minimum atomic E-state index is -0.325. The van der Waals surface area contributed by atoms with Gasteiger partial charge in [-0.15, -0.1) is 0 Å². The average Bonchev–Trinajstić information content (AvgIpc) is 2.54. The van der Waals surface area contributed by atoms with Crippen LogP contribution >= 0.6 is 0 Å². The third-order valence-electron chi connectivity index (χ3n) is 4.42. The Bertz CT molecular complexity index is 504. The molecule has 23 heavy (non-hydrogen) atoms. The predicted octanol–water partition coefficient (Wildman–Crippen LogP) is 2.74. The lowest BCUT2D eigenvalue weighted by molar-refractivity contribution is -0.122. The molecule has 1 fully saturated rings. The number of nitrogens with one attached hydrogen (secondary N) is 2. The number of ether oxygens (including phenoxy) is 1. The van der Waals surface area contributed by atoms with Crippen LogP contribution in [0.25, 0.3) is 0 Å². The first-order chi connectivity index (χ1) is 11.0. The van der Waals surface area contributed by atoms with Crippen molar-refractivity contribution in [3.63, 3.8) is 0 Å². The molecule has 0 aromatic heterocycles. The molecule has 1 saturated heterocycles. The van der Waals surface area contributed by atoms with Crippen molar-refractivity contribution in [2.45, 2.75) is 39.2 Å². The zero-order valence-corrected chi connectivity index (χ0v) is 14.0. The number of carbonyl (C=O) groups is 1. The van der Waals surface area contributed by atoms with Crippen LogP contribution in [0, 0.1) is 17.7 Å². The van der Waals surface area contributed by atoms with Crippen molar-refractivity contribution in [1.82, 2.24) is 10.6 Å². The Kier molecular flexibility index (Phi) is 6.84. The van der Waals surface area contributed by atoms with E-state index in [-0.39, 0.29) is 17.8 Å². The fourth-order valence-electron chi connectivity index (χ4n) is 3.02. The lowest BCUT2D eigenvalue weighted by Crippen LogP contribution is -2.36. The maximum absolute atomic E-state index is 13.1. The summed E-state index contributed by atoms with van der Waals surface area (Å²) in [4.78, 5) is 12.1. The normalized spacial score (nSPS) is 18.2. The maximum Gasteiger partial charge on any atom is 0.220 e. The zero-order chi connectivity index (χ0) is 16.7. The molecular formula is C18H27FN2O2. The van der Waals surface area contributed by atoms with Gasteiger partial charge in [-0.05, 0) is 56.8 Å². The number of carbonyl (C=O) groups excluding carboxylic acids is 1. The molecule has 0 saturated carbocycles. The molecule has 0 spiro atoms. The summed E-state index contributed by atoms with van der Waals surface area (Å²) in [7, 11) is 0. The number of halogens is 1. The van der Waals surface area contributed by atoms with E-state index in [0.717, 1.165) is 25.9 Å². The second-order valence-electron chi connectivity index (χ2n) is 6.46. The molecule has 2 rings (SSSR count). The van der Waals surface area contributed by atoms with E-state index in [1.165, 1.54) is 12.1 Å². The van der Waals surface area contributed by atoms with Crippen molar-refractivity contribution in [2.24, 2.45) is 11.8 Å². The number of amides is 1. The summed E-state index contributed by atoms with van der Waals surface area (Å²) in [5.41, 5.74) is 0. The first-order valence-electron chi connectivity index (χ1n) is 8.44. The molecule has 1 aliphatic heterocycles. The van der Waals surface area contributed by atoms with Crippen LogP contribution in [-0.2, 0) is 4.79 Å². The Hall–Kier alpha value is -1.62. The summed E-state index contributed by atoms with van der Waals surface area (Å²) in [6, 6.07) is 6.04. The lowest BCUT2D eigenvalue weighted by Gasteiger charge is -2.28. The van der Waals surface area contributed by atoms with Crippen molar-refractivity contribution in [2.75, 3.05) is 19.6 Å². The summed E-state index contributed by atoms with van der Waals surface area (Å²) >= 11 is 0. The van der Waals surface area contributed by atoms with Gasteiger partial charge in [0.25, 0.3) is 0 Å². The molecule has 2 N–H and O–H groups in total. The molecular weight excluding hydrogens is 295 g/mol. The van der Waals surface area contributed by atoms with Crippen LogP contribution in [0.2, 0.25) is 0 Å². The number of piperidine rings is 1. The topological polar surface area (TPSA) is 50.4 Å². The van der Waals surface area contributed by atoms with E-state index in [2.05, 4.69) is 17.6 Å². The first-order valence-corrected chi connectivity index (χ1v) is 8.44. The first kappa shape index (κ1) is 17.7. The SMILES string of the molecule is CC(CNC(=O)CC(C)C1CCNCC1)Oc1cccc(F)c1.